The molecule has 3 rings (SSSR count). The van der Waals surface area contributed by atoms with Crippen LogP contribution >= 0.6 is 15.9 Å². The number of nitro benzene ring substituents is 1. The molecule has 0 heterocycles. The Balaban J connectivity index is 1.64. The maximum absolute atomic E-state index is 12.4. The van der Waals surface area contributed by atoms with Gasteiger partial charge >= 0.3 is 5.97 Å². The minimum Gasteiger partial charge on any atom is -0.454 e. The Morgan fingerprint density at radius 1 is 0.935 bits per heavy atom. The van der Waals surface area contributed by atoms with Crippen LogP contribution in [0.15, 0.2) is 77.3 Å². The summed E-state index contributed by atoms with van der Waals surface area (Å²) in [4.78, 5) is 47.1. The largest absolute Gasteiger partial charge is 0.454 e. The summed E-state index contributed by atoms with van der Waals surface area (Å²) in [6.45, 7) is -0.576. The Hall–Kier alpha value is -3.85. The summed E-state index contributed by atoms with van der Waals surface area (Å²) >= 11 is 3.31. The maximum atomic E-state index is 12.4. The first-order chi connectivity index (χ1) is 14.8. The molecule has 0 atom stereocenters. The molecule has 0 aliphatic carbocycles. The number of hydrogen-bond acceptors (Lipinski definition) is 6. The van der Waals surface area contributed by atoms with Crippen molar-refractivity contribution in [2.75, 3.05) is 11.9 Å². The van der Waals surface area contributed by atoms with Crippen LogP contribution < -0.4 is 5.32 Å². The SMILES string of the molecule is O=C(COC(=O)c1cccc(NC(=O)c2ccccc2Br)c1)c1cccc([N+](=O)[O-])c1. The minimum absolute atomic E-state index is 0.0662. The number of amides is 1. The standard InChI is InChI=1S/C22H15BrN2O6/c23-19-10-2-1-9-18(19)21(27)24-16-7-3-6-15(11-16)22(28)31-13-20(26)14-5-4-8-17(12-14)25(29)30/h1-12H,13H2,(H,24,27). The molecule has 0 bridgehead atoms. The average Bonchev–Trinajstić information content (AvgIpc) is 2.77. The van der Waals surface area contributed by atoms with Crippen molar-refractivity contribution in [1.82, 2.24) is 0 Å². The second-order valence-electron chi connectivity index (χ2n) is 6.32. The number of nitro groups is 1. The van der Waals surface area contributed by atoms with Gasteiger partial charge in [-0.25, -0.2) is 4.79 Å². The zero-order chi connectivity index (χ0) is 22.4. The molecule has 0 aromatic heterocycles. The van der Waals surface area contributed by atoms with E-state index in [9.17, 15) is 24.5 Å². The first kappa shape index (κ1) is 21.8. The Bertz CT molecular complexity index is 1180. The van der Waals surface area contributed by atoms with Gasteiger partial charge in [0.25, 0.3) is 11.6 Å². The molecular formula is C22H15BrN2O6. The quantitative estimate of drug-likeness (QED) is 0.226. The number of benzene rings is 3. The molecule has 0 aliphatic heterocycles. The fraction of sp³-hybridized carbons (Fsp3) is 0.0455. The number of ether oxygens (including phenoxy) is 1. The Morgan fingerprint density at radius 3 is 2.39 bits per heavy atom. The topological polar surface area (TPSA) is 116 Å². The van der Waals surface area contributed by atoms with Crippen LogP contribution in [0.25, 0.3) is 0 Å². The van der Waals surface area contributed by atoms with Crippen molar-refractivity contribution in [3.8, 4) is 0 Å². The molecule has 9 heteroatoms. The summed E-state index contributed by atoms with van der Waals surface area (Å²) in [6.07, 6.45) is 0. The van der Waals surface area contributed by atoms with Crippen molar-refractivity contribution in [3.05, 3.63) is 104 Å². The molecule has 0 unspecified atom stereocenters. The van der Waals surface area contributed by atoms with E-state index in [1.54, 1.807) is 36.4 Å². The van der Waals surface area contributed by atoms with E-state index in [1.165, 1.54) is 30.3 Å². The summed E-state index contributed by atoms with van der Waals surface area (Å²) in [5.74, 6) is -1.70. The van der Waals surface area contributed by atoms with Gasteiger partial charge in [0.1, 0.15) is 0 Å². The van der Waals surface area contributed by atoms with E-state index in [2.05, 4.69) is 21.2 Å². The third-order valence-electron chi connectivity index (χ3n) is 4.19. The number of nitrogens with one attached hydrogen (secondary N) is 1. The number of nitrogens with zero attached hydrogens (tertiary/aromatic N) is 1. The molecule has 0 saturated heterocycles. The molecule has 0 fully saturated rings. The molecule has 3 aromatic rings. The van der Waals surface area contributed by atoms with Gasteiger partial charge in [-0.2, -0.15) is 0 Å². The van der Waals surface area contributed by atoms with Crippen LogP contribution in [-0.2, 0) is 4.74 Å². The van der Waals surface area contributed by atoms with Crippen LogP contribution in [-0.4, -0.2) is 29.2 Å². The first-order valence-corrected chi connectivity index (χ1v) is 9.75. The molecule has 1 amide bonds. The Kier molecular flexibility index (Phi) is 6.88. The minimum atomic E-state index is -0.768. The van der Waals surface area contributed by atoms with Crippen molar-refractivity contribution in [2.24, 2.45) is 0 Å². The molecule has 0 spiro atoms. The lowest BCUT2D eigenvalue weighted by atomic mass is 10.1. The second-order valence-corrected chi connectivity index (χ2v) is 7.18. The van der Waals surface area contributed by atoms with E-state index in [1.807, 2.05) is 0 Å². The van der Waals surface area contributed by atoms with E-state index in [4.69, 9.17) is 4.74 Å². The van der Waals surface area contributed by atoms with Gasteiger partial charge in [0, 0.05) is 27.9 Å². The van der Waals surface area contributed by atoms with Gasteiger partial charge in [0.05, 0.1) is 16.1 Å². The van der Waals surface area contributed by atoms with E-state index >= 15 is 0 Å². The molecule has 3 aromatic carbocycles. The van der Waals surface area contributed by atoms with Gasteiger partial charge in [-0.1, -0.05) is 30.3 Å². The van der Waals surface area contributed by atoms with E-state index < -0.39 is 23.3 Å². The highest BCUT2D eigenvalue weighted by molar-refractivity contribution is 9.10. The van der Waals surface area contributed by atoms with Gasteiger partial charge < -0.3 is 10.1 Å². The lowest BCUT2D eigenvalue weighted by molar-refractivity contribution is -0.384. The summed E-state index contributed by atoms with van der Waals surface area (Å²) in [5.41, 5.74) is 0.775. The molecule has 31 heavy (non-hydrogen) atoms. The highest BCUT2D eigenvalue weighted by Gasteiger charge is 2.16. The molecule has 1 N–H and O–H groups in total. The number of non-ortho nitro benzene ring substituents is 1. The summed E-state index contributed by atoms with van der Waals surface area (Å²) in [5, 5.41) is 13.5. The summed E-state index contributed by atoms with van der Waals surface area (Å²) in [6, 6.07) is 18.1. The third kappa shape index (κ3) is 5.61. The lowest BCUT2D eigenvalue weighted by Gasteiger charge is -2.09. The Morgan fingerprint density at radius 2 is 1.65 bits per heavy atom. The highest BCUT2D eigenvalue weighted by Crippen LogP contribution is 2.19. The number of carbonyl (C=O) groups excluding carboxylic acids is 3. The molecular weight excluding hydrogens is 468 g/mol. The normalized spacial score (nSPS) is 10.2. The Labute approximate surface area is 185 Å². The monoisotopic (exact) mass is 482 g/mol. The number of Topliss-reactive ketones (excluding diaryl/α,β-unsaturated/α-hetero) is 1. The number of carbonyl (C=O) groups is 3. The number of hydrogen-bond donors (Lipinski definition) is 1. The number of halogens is 1. The van der Waals surface area contributed by atoms with Crippen molar-refractivity contribution >= 4 is 45.0 Å². The van der Waals surface area contributed by atoms with E-state index in [0.717, 1.165) is 6.07 Å². The van der Waals surface area contributed by atoms with Crippen LogP contribution in [0.5, 0.6) is 0 Å². The van der Waals surface area contributed by atoms with Gasteiger partial charge in [-0.3, -0.25) is 19.7 Å². The fourth-order valence-electron chi connectivity index (χ4n) is 2.66. The van der Waals surface area contributed by atoms with Gasteiger partial charge in [-0.05, 0) is 46.3 Å². The van der Waals surface area contributed by atoms with Crippen molar-refractivity contribution in [2.45, 2.75) is 0 Å². The molecule has 0 radical (unpaired) electrons. The summed E-state index contributed by atoms with van der Waals surface area (Å²) in [7, 11) is 0. The second kappa shape index (κ2) is 9.77. The average molecular weight is 483 g/mol. The van der Waals surface area contributed by atoms with E-state index in [-0.39, 0.29) is 22.7 Å². The predicted octanol–water partition coefficient (Wildman–Crippen LogP) is 4.65. The smallest absolute Gasteiger partial charge is 0.338 e. The zero-order valence-corrected chi connectivity index (χ0v) is 17.5. The van der Waals surface area contributed by atoms with Crippen LogP contribution in [0.3, 0.4) is 0 Å². The van der Waals surface area contributed by atoms with Gasteiger partial charge in [0.2, 0.25) is 5.78 Å². The van der Waals surface area contributed by atoms with E-state index in [0.29, 0.717) is 15.7 Å². The number of ketones is 1. The third-order valence-corrected chi connectivity index (χ3v) is 4.88. The molecule has 0 saturated carbocycles. The van der Waals surface area contributed by atoms with Gasteiger partial charge in [0.15, 0.2) is 6.61 Å². The summed E-state index contributed by atoms with van der Waals surface area (Å²) < 4.78 is 5.66. The molecule has 0 aliphatic rings. The van der Waals surface area contributed by atoms with Crippen LogP contribution in [0.2, 0.25) is 0 Å². The number of anilines is 1. The zero-order valence-electron chi connectivity index (χ0n) is 15.9. The number of rotatable bonds is 7. The molecule has 156 valence electrons. The van der Waals surface area contributed by atoms with Crippen LogP contribution in [0.1, 0.15) is 31.1 Å². The highest BCUT2D eigenvalue weighted by atomic mass is 79.9. The van der Waals surface area contributed by atoms with Crippen molar-refractivity contribution < 1.29 is 24.0 Å². The lowest BCUT2D eigenvalue weighted by Crippen LogP contribution is -2.15. The fourth-order valence-corrected chi connectivity index (χ4v) is 3.12. The first-order valence-electron chi connectivity index (χ1n) is 8.96. The van der Waals surface area contributed by atoms with Gasteiger partial charge in [-0.15, -0.1) is 0 Å². The van der Waals surface area contributed by atoms with Crippen LogP contribution in [0.4, 0.5) is 11.4 Å². The van der Waals surface area contributed by atoms with Crippen molar-refractivity contribution in [3.63, 3.8) is 0 Å². The number of esters is 1. The molecule has 8 nitrogen and oxygen atoms in total. The predicted molar refractivity (Wildman–Crippen MR) is 116 cm³/mol. The van der Waals surface area contributed by atoms with Crippen molar-refractivity contribution in [1.29, 1.82) is 0 Å². The maximum Gasteiger partial charge on any atom is 0.338 e. The van der Waals surface area contributed by atoms with Crippen LogP contribution in [0, 0.1) is 10.1 Å².